The summed E-state index contributed by atoms with van der Waals surface area (Å²) in [6.45, 7) is 5.57. The summed E-state index contributed by atoms with van der Waals surface area (Å²) in [7, 11) is 1.39. The van der Waals surface area contributed by atoms with Gasteiger partial charge in [-0.05, 0) is 34.9 Å². The molecule has 21 heavy (non-hydrogen) atoms. The molecular weight excluding hydrogens is 291 g/mol. The minimum Gasteiger partial charge on any atom is -0.459 e. The number of ether oxygens (including phenoxy) is 1. The standard InChI is InChI=1S/C12H23N2O2.BF4/c1-12(2,3)16-11(15)10(14(6)7)8-9-13(4)5;2-1(3,4)5/h8,10H,1-7H3;/q+1;-1. The van der Waals surface area contributed by atoms with Gasteiger partial charge in [0.1, 0.15) is 25.7 Å². The van der Waals surface area contributed by atoms with Gasteiger partial charge in [0.15, 0.2) is 5.87 Å². The van der Waals surface area contributed by atoms with E-state index in [4.69, 9.17) is 4.74 Å². The second-order valence-electron chi connectivity index (χ2n) is 5.63. The average Bonchev–Trinajstić information content (AvgIpc) is 2.10. The predicted octanol–water partition coefficient (Wildman–Crippen LogP) is 2.06. The van der Waals surface area contributed by atoms with E-state index in [1.807, 2.05) is 49.0 Å². The highest BCUT2D eigenvalue weighted by atomic mass is 19.5. The number of rotatable bonds is 3. The van der Waals surface area contributed by atoms with Gasteiger partial charge in [-0.25, -0.2) is 4.79 Å². The molecule has 0 aliphatic heterocycles. The normalized spacial score (nSPS) is 12.8. The van der Waals surface area contributed by atoms with Crippen LogP contribution in [0.1, 0.15) is 20.8 Å². The van der Waals surface area contributed by atoms with E-state index in [-0.39, 0.29) is 5.97 Å². The maximum Gasteiger partial charge on any atom is 0.673 e. The average molecular weight is 314 g/mol. The van der Waals surface area contributed by atoms with Crippen LogP contribution in [0.15, 0.2) is 6.08 Å². The van der Waals surface area contributed by atoms with Crippen LogP contribution in [0.3, 0.4) is 0 Å². The largest absolute Gasteiger partial charge is 0.673 e. The van der Waals surface area contributed by atoms with Gasteiger partial charge < -0.3 is 22.0 Å². The first-order chi connectivity index (χ1) is 9.13. The molecule has 0 rings (SSSR count). The van der Waals surface area contributed by atoms with Gasteiger partial charge in [0.2, 0.25) is 0 Å². The van der Waals surface area contributed by atoms with Crippen molar-refractivity contribution in [1.29, 1.82) is 0 Å². The molecule has 0 aromatic carbocycles. The Morgan fingerprint density at radius 1 is 1.24 bits per heavy atom. The highest BCUT2D eigenvalue weighted by molar-refractivity contribution is 6.50. The van der Waals surface area contributed by atoms with Crippen LogP contribution in [0.2, 0.25) is 0 Å². The Bertz CT molecular complexity index is 387. The molecule has 1 atom stereocenters. The van der Waals surface area contributed by atoms with E-state index < -0.39 is 18.9 Å². The molecule has 0 heterocycles. The molecule has 124 valence electrons. The minimum atomic E-state index is -6.00. The maximum atomic E-state index is 11.9. The Hall–Kier alpha value is -1.34. The molecule has 0 bridgehead atoms. The van der Waals surface area contributed by atoms with Crippen molar-refractivity contribution in [3.8, 4) is 0 Å². The van der Waals surface area contributed by atoms with Gasteiger partial charge in [0.05, 0.1) is 6.08 Å². The quantitative estimate of drug-likeness (QED) is 0.263. The molecule has 0 aliphatic carbocycles. The van der Waals surface area contributed by atoms with Crippen LogP contribution in [-0.4, -0.2) is 68.4 Å². The van der Waals surface area contributed by atoms with Crippen molar-refractivity contribution in [2.75, 3.05) is 28.2 Å². The molecule has 0 aromatic heterocycles. The molecule has 0 amide bonds. The van der Waals surface area contributed by atoms with Gasteiger partial charge in [0.25, 0.3) is 0 Å². The monoisotopic (exact) mass is 314 g/mol. The van der Waals surface area contributed by atoms with Crippen LogP contribution in [0.4, 0.5) is 17.3 Å². The zero-order valence-corrected chi connectivity index (χ0v) is 13.5. The molecule has 0 aromatic rings. The van der Waals surface area contributed by atoms with Gasteiger partial charge >= 0.3 is 13.2 Å². The van der Waals surface area contributed by atoms with Crippen molar-refractivity contribution < 1.29 is 31.4 Å². The third-order valence-corrected chi connectivity index (χ3v) is 1.70. The minimum absolute atomic E-state index is 0.258. The summed E-state index contributed by atoms with van der Waals surface area (Å²) < 4.78 is 46.1. The van der Waals surface area contributed by atoms with Crippen molar-refractivity contribution in [1.82, 2.24) is 4.90 Å². The highest BCUT2D eigenvalue weighted by Crippen LogP contribution is 2.10. The van der Waals surface area contributed by atoms with E-state index in [2.05, 4.69) is 5.87 Å². The van der Waals surface area contributed by atoms with Gasteiger partial charge in [-0.2, -0.15) is 4.58 Å². The lowest BCUT2D eigenvalue weighted by molar-refractivity contribution is -0.456. The van der Waals surface area contributed by atoms with Gasteiger partial charge in [0, 0.05) is 0 Å². The molecule has 9 heteroatoms. The Kier molecular flexibility index (Phi) is 9.24. The first-order valence-electron chi connectivity index (χ1n) is 6.17. The van der Waals surface area contributed by atoms with Gasteiger partial charge in [-0.1, -0.05) is 0 Å². The molecule has 0 saturated carbocycles. The summed E-state index contributed by atoms with van der Waals surface area (Å²) >= 11 is 0. The van der Waals surface area contributed by atoms with Crippen LogP contribution in [0.5, 0.6) is 0 Å². The molecular formula is C12H23BF4N2O2. The summed E-state index contributed by atoms with van der Waals surface area (Å²) in [5, 5.41) is 0. The molecule has 0 radical (unpaired) electrons. The van der Waals surface area contributed by atoms with E-state index in [1.54, 1.807) is 15.6 Å². The lowest BCUT2D eigenvalue weighted by Crippen LogP contribution is -2.39. The second-order valence-corrected chi connectivity index (χ2v) is 5.63. The zero-order valence-electron chi connectivity index (χ0n) is 13.5. The zero-order chi connectivity index (χ0) is 17.4. The third kappa shape index (κ3) is 18.7. The van der Waals surface area contributed by atoms with E-state index in [0.29, 0.717) is 0 Å². The number of nitrogens with zero attached hydrogens (tertiary/aromatic N) is 2. The SMILES string of the molecule is CN(C)C(C=C=[N+](C)C)C(=O)OC(C)(C)C.F[B-](F)(F)F. The van der Waals surface area contributed by atoms with Crippen LogP contribution in [-0.2, 0) is 9.53 Å². The summed E-state index contributed by atoms with van der Waals surface area (Å²) in [6.07, 6.45) is 1.70. The fourth-order valence-corrected chi connectivity index (χ4v) is 1.01. The van der Waals surface area contributed by atoms with E-state index in [9.17, 15) is 22.1 Å². The molecule has 0 spiro atoms. The Balaban J connectivity index is 0. The number of carbonyl (C=O) groups excluding carboxylic acids is 1. The number of hydrogen-bond donors (Lipinski definition) is 0. The van der Waals surface area contributed by atoms with Gasteiger partial charge in [-0.3, -0.25) is 4.90 Å². The van der Waals surface area contributed by atoms with Crippen LogP contribution < -0.4 is 0 Å². The third-order valence-electron chi connectivity index (χ3n) is 1.70. The van der Waals surface area contributed by atoms with Crippen molar-refractivity contribution in [2.45, 2.75) is 32.4 Å². The Labute approximate surface area is 123 Å². The van der Waals surface area contributed by atoms with E-state index in [0.717, 1.165) is 0 Å². The Morgan fingerprint density at radius 2 is 1.62 bits per heavy atom. The number of halogens is 4. The molecule has 0 fully saturated rings. The first kappa shape index (κ1) is 22.0. The second kappa shape index (κ2) is 8.84. The van der Waals surface area contributed by atoms with Crippen molar-refractivity contribution in [3.63, 3.8) is 0 Å². The van der Waals surface area contributed by atoms with Gasteiger partial charge in [-0.15, -0.1) is 0 Å². The topological polar surface area (TPSA) is 32.5 Å². The molecule has 4 nitrogen and oxygen atoms in total. The summed E-state index contributed by atoms with van der Waals surface area (Å²) in [5.41, 5.74) is -0.461. The fraction of sp³-hybridized carbons (Fsp3) is 0.750. The lowest BCUT2D eigenvalue weighted by Gasteiger charge is -2.24. The predicted molar refractivity (Wildman–Crippen MR) is 75.2 cm³/mol. The smallest absolute Gasteiger partial charge is 0.459 e. The summed E-state index contributed by atoms with van der Waals surface area (Å²) in [4.78, 5) is 13.7. The lowest BCUT2D eigenvalue weighted by atomic mass is 10.2. The number of carbonyl (C=O) groups is 1. The van der Waals surface area contributed by atoms with Crippen molar-refractivity contribution >= 4 is 19.1 Å². The number of likely N-dealkylation sites (N-methyl/N-ethyl adjacent to an activating group) is 1. The van der Waals surface area contributed by atoms with E-state index in [1.165, 1.54) is 0 Å². The first-order valence-corrected chi connectivity index (χ1v) is 6.17. The highest BCUT2D eigenvalue weighted by Gasteiger charge is 2.25. The fourth-order valence-electron chi connectivity index (χ4n) is 1.01. The van der Waals surface area contributed by atoms with Crippen molar-refractivity contribution in [2.24, 2.45) is 0 Å². The maximum absolute atomic E-state index is 11.9. The van der Waals surface area contributed by atoms with Crippen molar-refractivity contribution in [3.05, 3.63) is 6.08 Å². The van der Waals surface area contributed by atoms with Crippen LogP contribution >= 0.6 is 0 Å². The van der Waals surface area contributed by atoms with Crippen LogP contribution in [0.25, 0.3) is 0 Å². The molecule has 0 N–H and O–H groups in total. The summed E-state index contributed by atoms with van der Waals surface area (Å²) in [6, 6.07) is -0.401. The molecule has 1 unspecified atom stereocenters. The molecule has 0 saturated heterocycles. The summed E-state index contributed by atoms with van der Waals surface area (Å²) in [5.74, 6) is 2.70. The number of esters is 1. The van der Waals surface area contributed by atoms with Crippen LogP contribution in [0, 0.1) is 0 Å². The Morgan fingerprint density at radius 3 is 1.86 bits per heavy atom. The van der Waals surface area contributed by atoms with E-state index >= 15 is 0 Å². The number of hydrogen-bond acceptors (Lipinski definition) is 3. The molecule has 0 aliphatic rings.